The fourth-order valence-electron chi connectivity index (χ4n) is 2.74. The van der Waals surface area contributed by atoms with E-state index in [0.717, 1.165) is 11.3 Å². The van der Waals surface area contributed by atoms with Crippen molar-refractivity contribution in [2.24, 2.45) is 0 Å². The molecule has 0 unspecified atom stereocenters. The molecule has 0 aromatic heterocycles. The minimum Gasteiger partial charge on any atom is -0.493 e. The highest BCUT2D eigenvalue weighted by molar-refractivity contribution is 7.92. The van der Waals surface area contributed by atoms with Gasteiger partial charge in [0.05, 0.1) is 17.5 Å². The number of nitrogens with one attached hydrogen (secondary N) is 1. The predicted molar refractivity (Wildman–Crippen MR) is 90.5 cm³/mol. The smallest absolute Gasteiger partial charge is 0.238 e. The van der Waals surface area contributed by atoms with Gasteiger partial charge in [-0.05, 0) is 25.1 Å². The van der Waals surface area contributed by atoms with Crippen LogP contribution in [0.5, 0.6) is 5.75 Å². The molecule has 0 radical (unpaired) electrons. The predicted octanol–water partition coefficient (Wildman–Crippen LogP) is 2.49. The van der Waals surface area contributed by atoms with E-state index in [4.69, 9.17) is 4.74 Å². The molecular formula is C18H19NO4S. The number of hydrogen-bond donors (Lipinski definition) is 1. The SMILES string of the molecule is C[C@H](C(=O)N[C@H]1CCOc2ccccc21)S(=O)(=O)c1ccccc1. The maximum absolute atomic E-state index is 12.6. The van der Waals surface area contributed by atoms with Crippen LogP contribution in [0.15, 0.2) is 59.5 Å². The van der Waals surface area contributed by atoms with Gasteiger partial charge in [-0.3, -0.25) is 4.79 Å². The van der Waals surface area contributed by atoms with Crippen LogP contribution in [0, 0.1) is 0 Å². The summed E-state index contributed by atoms with van der Waals surface area (Å²) in [6.45, 7) is 1.91. The summed E-state index contributed by atoms with van der Waals surface area (Å²) in [5.74, 6) is 0.230. The summed E-state index contributed by atoms with van der Waals surface area (Å²) < 4.78 is 30.7. The van der Waals surface area contributed by atoms with Crippen molar-refractivity contribution < 1.29 is 17.9 Å². The number of benzene rings is 2. The molecule has 1 N–H and O–H groups in total. The zero-order valence-electron chi connectivity index (χ0n) is 13.3. The Morgan fingerprint density at radius 2 is 1.79 bits per heavy atom. The van der Waals surface area contributed by atoms with Gasteiger partial charge in [-0.25, -0.2) is 8.42 Å². The Morgan fingerprint density at radius 1 is 1.12 bits per heavy atom. The maximum atomic E-state index is 12.6. The topological polar surface area (TPSA) is 72.5 Å². The summed E-state index contributed by atoms with van der Waals surface area (Å²) in [5, 5.41) is 1.70. The van der Waals surface area contributed by atoms with Gasteiger partial charge in [0.15, 0.2) is 9.84 Å². The number of ether oxygens (including phenoxy) is 1. The van der Waals surface area contributed by atoms with Crippen LogP contribution in [0.25, 0.3) is 0 Å². The van der Waals surface area contributed by atoms with Gasteiger partial charge in [0, 0.05) is 12.0 Å². The average molecular weight is 345 g/mol. The highest BCUT2D eigenvalue weighted by atomic mass is 32.2. The molecule has 3 rings (SSSR count). The molecule has 1 aliphatic heterocycles. The number of hydrogen-bond acceptors (Lipinski definition) is 4. The highest BCUT2D eigenvalue weighted by Crippen LogP contribution is 2.31. The highest BCUT2D eigenvalue weighted by Gasteiger charge is 2.32. The molecule has 24 heavy (non-hydrogen) atoms. The van der Waals surface area contributed by atoms with Crippen molar-refractivity contribution in [3.8, 4) is 5.75 Å². The lowest BCUT2D eigenvalue weighted by atomic mass is 10.0. The molecular weight excluding hydrogens is 326 g/mol. The second-order valence-electron chi connectivity index (χ2n) is 5.74. The summed E-state index contributed by atoms with van der Waals surface area (Å²) >= 11 is 0. The van der Waals surface area contributed by atoms with E-state index >= 15 is 0 Å². The maximum Gasteiger partial charge on any atom is 0.238 e. The van der Waals surface area contributed by atoms with E-state index < -0.39 is 21.0 Å². The second kappa shape index (κ2) is 6.65. The summed E-state index contributed by atoms with van der Waals surface area (Å²) in [6, 6.07) is 15.3. The number of amides is 1. The van der Waals surface area contributed by atoms with E-state index in [9.17, 15) is 13.2 Å². The Bertz CT molecular complexity index is 833. The zero-order chi connectivity index (χ0) is 17.2. The van der Waals surface area contributed by atoms with Crippen LogP contribution in [-0.2, 0) is 14.6 Å². The third-order valence-electron chi connectivity index (χ3n) is 4.18. The molecule has 0 saturated heterocycles. The Kier molecular flexibility index (Phi) is 4.57. The lowest BCUT2D eigenvalue weighted by molar-refractivity contribution is -0.121. The fourth-order valence-corrected chi connectivity index (χ4v) is 4.03. The first-order chi connectivity index (χ1) is 11.5. The van der Waals surface area contributed by atoms with E-state index in [1.165, 1.54) is 19.1 Å². The van der Waals surface area contributed by atoms with Crippen LogP contribution >= 0.6 is 0 Å². The summed E-state index contributed by atoms with van der Waals surface area (Å²) in [4.78, 5) is 12.7. The molecule has 2 aromatic carbocycles. The minimum absolute atomic E-state index is 0.153. The van der Waals surface area contributed by atoms with Crippen LogP contribution < -0.4 is 10.1 Å². The first-order valence-electron chi connectivity index (χ1n) is 7.81. The largest absolute Gasteiger partial charge is 0.493 e. The number of carbonyl (C=O) groups is 1. The van der Waals surface area contributed by atoms with Gasteiger partial charge in [0.2, 0.25) is 5.91 Å². The Morgan fingerprint density at radius 3 is 2.54 bits per heavy atom. The second-order valence-corrected chi connectivity index (χ2v) is 8.00. The first-order valence-corrected chi connectivity index (χ1v) is 9.36. The van der Waals surface area contributed by atoms with Gasteiger partial charge < -0.3 is 10.1 Å². The number of sulfone groups is 1. The minimum atomic E-state index is -3.71. The first kappa shape index (κ1) is 16.5. The number of para-hydroxylation sites is 1. The van der Waals surface area contributed by atoms with E-state index in [0.29, 0.717) is 13.0 Å². The Hall–Kier alpha value is -2.34. The number of carbonyl (C=O) groups excluding carboxylic acids is 1. The van der Waals surface area contributed by atoms with Crippen molar-refractivity contribution in [2.45, 2.75) is 29.5 Å². The molecule has 0 fully saturated rings. The molecule has 2 atom stereocenters. The molecule has 6 heteroatoms. The lowest BCUT2D eigenvalue weighted by Gasteiger charge is -2.27. The van der Waals surface area contributed by atoms with Crippen LogP contribution in [-0.4, -0.2) is 26.2 Å². The molecule has 5 nitrogen and oxygen atoms in total. The molecule has 126 valence electrons. The van der Waals surface area contributed by atoms with Gasteiger partial charge in [-0.1, -0.05) is 36.4 Å². The van der Waals surface area contributed by atoms with Crippen molar-refractivity contribution in [1.82, 2.24) is 5.32 Å². The van der Waals surface area contributed by atoms with Crippen molar-refractivity contribution in [1.29, 1.82) is 0 Å². The van der Waals surface area contributed by atoms with Gasteiger partial charge in [0.1, 0.15) is 11.0 Å². The molecule has 1 amide bonds. The Balaban J connectivity index is 1.79. The van der Waals surface area contributed by atoms with Crippen molar-refractivity contribution in [3.05, 3.63) is 60.2 Å². The zero-order valence-corrected chi connectivity index (χ0v) is 14.1. The van der Waals surface area contributed by atoms with Crippen molar-refractivity contribution in [3.63, 3.8) is 0 Å². The molecule has 1 aliphatic rings. The summed E-state index contributed by atoms with van der Waals surface area (Å²) in [6.07, 6.45) is 0.612. The van der Waals surface area contributed by atoms with Gasteiger partial charge >= 0.3 is 0 Å². The van der Waals surface area contributed by atoms with Crippen LogP contribution in [0.4, 0.5) is 0 Å². The quantitative estimate of drug-likeness (QED) is 0.924. The number of rotatable bonds is 4. The van der Waals surface area contributed by atoms with Crippen LogP contribution in [0.2, 0.25) is 0 Å². The summed E-state index contributed by atoms with van der Waals surface area (Å²) in [5.41, 5.74) is 0.876. The Labute approximate surface area is 141 Å². The lowest BCUT2D eigenvalue weighted by Crippen LogP contribution is -2.41. The van der Waals surface area contributed by atoms with Crippen molar-refractivity contribution >= 4 is 15.7 Å². The normalized spacial score (nSPS) is 18.1. The third-order valence-corrected chi connectivity index (χ3v) is 6.26. The van der Waals surface area contributed by atoms with E-state index in [-0.39, 0.29) is 10.9 Å². The molecule has 0 aliphatic carbocycles. The van der Waals surface area contributed by atoms with Gasteiger partial charge in [0.25, 0.3) is 0 Å². The molecule has 1 heterocycles. The molecule has 2 aromatic rings. The molecule has 0 spiro atoms. The average Bonchev–Trinajstić information content (AvgIpc) is 2.62. The van der Waals surface area contributed by atoms with Gasteiger partial charge in [-0.2, -0.15) is 0 Å². The monoisotopic (exact) mass is 345 g/mol. The standard InChI is InChI=1S/C18H19NO4S/c1-13(24(21,22)14-7-3-2-4-8-14)18(20)19-16-11-12-23-17-10-6-5-9-15(16)17/h2-10,13,16H,11-12H2,1H3,(H,19,20)/t13-,16+/m1/s1. The summed E-state index contributed by atoms with van der Waals surface area (Å²) in [7, 11) is -3.71. The van der Waals surface area contributed by atoms with Crippen molar-refractivity contribution in [2.75, 3.05) is 6.61 Å². The van der Waals surface area contributed by atoms with Crippen LogP contribution in [0.3, 0.4) is 0 Å². The van der Waals surface area contributed by atoms with E-state index in [1.54, 1.807) is 18.2 Å². The van der Waals surface area contributed by atoms with Crippen LogP contribution in [0.1, 0.15) is 24.9 Å². The van der Waals surface area contributed by atoms with Gasteiger partial charge in [-0.15, -0.1) is 0 Å². The number of fused-ring (bicyclic) bond motifs is 1. The van der Waals surface area contributed by atoms with E-state index in [2.05, 4.69) is 5.32 Å². The molecule has 0 bridgehead atoms. The third kappa shape index (κ3) is 3.14. The molecule has 0 saturated carbocycles. The van der Waals surface area contributed by atoms with E-state index in [1.807, 2.05) is 24.3 Å². The fraction of sp³-hybridized carbons (Fsp3) is 0.278.